The fourth-order valence-electron chi connectivity index (χ4n) is 1.63. The summed E-state index contributed by atoms with van der Waals surface area (Å²) in [5.41, 5.74) is -0.193. The van der Waals surface area contributed by atoms with Crippen LogP contribution in [-0.2, 0) is 4.74 Å². The number of benzene rings is 1. The molecule has 0 unspecified atom stereocenters. The van der Waals surface area contributed by atoms with Crippen molar-refractivity contribution in [2.75, 3.05) is 26.8 Å². The van der Waals surface area contributed by atoms with Crippen LogP contribution in [0.1, 0.15) is 10.4 Å². The number of carbonyl (C=O) groups excluding carboxylic acids is 1. The largest absolute Gasteiger partial charge is 0.383 e. The summed E-state index contributed by atoms with van der Waals surface area (Å²) in [5, 5.41) is 10.7. The van der Waals surface area contributed by atoms with Crippen LogP contribution in [0.15, 0.2) is 30.9 Å². The Labute approximate surface area is 121 Å². The maximum Gasteiger partial charge on any atom is 0.288 e. The van der Waals surface area contributed by atoms with Crippen LogP contribution in [0, 0.1) is 10.1 Å². The van der Waals surface area contributed by atoms with E-state index in [1.54, 1.807) is 6.08 Å². The quantitative estimate of drug-likeness (QED) is 0.440. The SMILES string of the molecule is C=CCN(CCOC)C(=O)c1cccc([N+](=O)[O-])c1Cl. The average Bonchev–Trinajstić information content (AvgIpc) is 2.42. The molecule has 0 radical (unpaired) electrons. The molecule has 0 N–H and O–H groups in total. The van der Waals surface area contributed by atoms with Gasteiger partial charge in [0.1, 0.15) is 5.02 Å². The van der Waals surface area contributed by atoms with Crippen LogP contribution >= 0.6 is 11.6 Å². The lowest BCUT2D eigenvalue weighted by molar-refractivity contribution is -0.384. The fraction of sp³-hybridized carbons (Fsp3) is 0.308. The lowest BCUT2D eigenvalue weighted by Gasteiger charge is -2.21. The Hall–Kier alpha value is -1.92. The van der Waals surface area contributed by atoms with Gasteiger partial charge in [-0.15, -0.1) is 6.58 Å². The lowest BCUT2D eigenvalue weighted by atomic mass is 10.1. The third-order valence-corrected chi connectivity index (χ3v) is 3.00. The minimum Gasteiger partial charge on any atom is -0.383 e. The van der Waals surface area contributed by atoms with Gasteiger partial charge in [-0.05, 0) is 6.07 Å². The zero-order valence-electron chi connectivity index (χ0n) is 11.0. The van der Waals surface area contributed by atoms with Crippen LogP contribution in [0.2, 0.25) is 5.02 Å². The molecule has 20 heavy (non-hydrogen) atoms. The summed E-state index contributed by atoms with van der Waals surface area (Å²) >= 11 is 5.93. The Kier molecular flexibility index (Phi) is 6.14. The number of halogens is 1. The second-order valence-electron chi connectivity index (χ2n) is 3.93. The molecule has 0 saturated heterocycles. The molecule has 0 aliphatic carbocycles. The minimum absolute atomic E-state index is 0.0961. The first-order chi connectivity index (χ1) is 9.52. The smallest absolute Gasteiger partial charge is 0.288 e. The minimum atomic E-state index is -0.619. The fourth-order valence-corrected chi connectivity index (χ4v) is 1.91. The Morgan fingerprint density at radius 2 is 2.30 bits per heavy atom. The monoisotopic (exact) mass is 298 g/mol. The van der Waals surface area contributed by atoms with Crippen LogP contribution in [0.25, 0.3) is 0 Å². The molecule has 1 rings (SSSR count). The topological polar surface area (TPSA) is 72.7 Å². The molecule has 1 aromatic carbocycles. The number of rotatable bonds is 7. The van der Waals surface area contributed by atoms with Gasteiger partial charge < -0.3 is 9.64 Å². The van der Waals surface area contributed by atoms with E-state index in [4.69, 9.17) is 16.3 Å². The number of ether oxygens (including phenoxy) is 1. The molecule has 7 heteroatoms. The van der Waals surface area contributed by atoms with Gasteiger partial charge in [-0.3, -0.25) is 14.9 Å². The number of methoxy groups -OCH3 is 1. The Balaban J connectivity index is 3.08. The molecule has 0 aliphatic rings. The number of nitro benzene ring substituents is 1. The Bertz CT molecular complexity index is 519. The highest BCUT2D eigenvalue weighted by molar-refractivity contribution is 6.35. The van der Waals surface area contributed by atoms with Gasteiger partial charge in [-0.1, -0.05) is 23.7 Å². The number of nitrogens with zero attached hydrogens (tertiary/aromatic N) is 2. The van der Waals surface area contributed by atoms with Crippen molar-refractivity contribution in [3.8, 4) is 0 Å². The molecular formula is C13H15ClN2O4. The van der Waals surface area contributed by atoms with Crippen LogP contribution in [0.4, 0.5) is 5.69 Å². The molecule has 1 amide bonds. The molecular weight excluding hydrogens is 284 g/mol. The summed E-state index contributed by atoms with van der Waals surface area (Å²) < 4.78 is 4.93. The van der Waals surface area contributed by atoms with E-state index in [1.807, 2.05) is 0 Å². The van der Waals surface area contributed by atoms with Crippen molar-refractivity contribution in [3.05, 3.63) is 51.6 Å². The predicted octanol–water partition coefficient (Wildman–Crippen LogP) is 2.52. The van der Waals surface area contributed by atoms with E-state index < -0.39 is 10.8 Å². The summed E-state index contributed by atoms with van der Waals surface area (Å²) in [5.74, 6) is -0.393. The van der Waals surface area contributed by atoms with Crippen molar-refractivity contribution in [1.82, 2.24) is 4.90 Å². The second kappa shape index (κ2) is 7.62. The lowest BCUT2D eigenvalue weighted by Crippen LogP contribution is -2.34. The molecule has 1 aromatic rings. The number of hydrogen-bond donors (Lipinski definition) is 0. The van der Waals surface area contributed by atoms with Gasteiger partial charge in [0.15, 0.2) is 0 Å². The van der Waals surface area contributed by atoms with Gasteiger partial charge >= 0.3 is 0 Å². The van der Waals surface area contributed by atoms with Crippen LogP contribution in [0.3, 0.4) is 0 Å². The van der Waals surface area contributed by atoms with E-state index in [0.717, 1.165) is 0 Å². The van der Waals surface area contributed by atoms with E-state index in [2.05, 4.69) is 6.58 Å². The zero-order valence-corrected chi connectivity index (χ0v) is 11.8. The first-order valence-corrected chi connectivity index (χ1v) is 6.22. The number of hydrogen-bond acceptors (Lipinski definition) is 4. The van der Waals surface area contributed by atoms with Gasteiger partial charge in [0, 0.05) is 26.3 Å². The number of nitro groups is 1. The molecule has 108 valence electrons. The number of carbonyl (C=O) groups is 1. The highest BCUT2D eigenvalue weighted by Gasteiger charge is 2.23. The normalized spacial score (nSPS) is 10.1. The highest BCUT2D eigenvalue weighted by Crippen LogP contribution is 2.28. The van der Waals surface area contributed by atoms with Crippen LogP contribution < -0.4 is 0 Å². The van der Waals surface area contributed by atoms with Crippen molar-refractivity contribution >= 4 is 23.2 Å². The predicted molar refractivity (Wildman–Crippen MR) is 76.1 cm³/mol. The first kappa shape index (κ1) is 16.1. The molecule has 0 heterocycles. The molecule has 0 spiro atoms. The van der Waals surface area contributed by atoms with E-state index in [9.17, 15) is 14.9 Å². The molecule has 0 aliphatic heterocycles. The Morgan fingerprint density at radius 1 is 1.60 bits per heavy atom. The standard InChI is InChI=1S/C13H15ClN2O4/c1-3-7-15(8-9-20-2)13(17)10-5-4-6-11(12(10)14)16(18)19/h3-6H,1,7-9H2,2H3. The summed E-state index contributed by atoms with van der Waals surface area (Å²) in [4.78, 5) is 24.0. The maximum absolute atomic E-state index is 12.4. The van der Waals surface area contributed by atoms with Crippen molar-refractivity contribution in [2.45, 2.75) is 0 Å². The van der Waals surface area contributed by atoms with Gasteiger partial charge in [-0.2, -0.15) is 0 Å². The van der Waals surface area contributed by atoms with E-state index in [1.165, 1.54) is 30.2 Å². The van der Waals surface area contributed by atoms with Crippen molar-refractivity contribution < 1.29 is 14.5 Å². The van der Waals surface area contributed by atoms with Gasteiger partial charge in [-0.25, -0.2) is 0 Å². The molecule has 0 saturated carbocycles. The zero-order chi connectivity index (χ0) is 15.1. The van der Waals surface area contributed by atoms with E-state index >= 15 is 0 Å². The molecule has 0 aromatic heterocycles. The van der Waals surface area contributed by atoms with Crippen LogP contribution in [-0.4, -0.2) is 42.5 Å². The molecule has 6 nitrogen and oxygen atoms in total. The molecule has 0 bridgehead atoms. The third-order valence-electron chi connectivity index (χ3n) is 2.61. The highest BCUT2D eigenvalue weighted by atomic mass is 35.5. The van der Waals surface area contributed by atoms with Crippen molar-refractivity contribution in [3.63, 3.8) is 0 Å². The summed E-state index contributed by atoms with van der Waals surface area (Å²) in [6, 6.07) is 4.15. The van der Waals surface area contributed by atoms with Gasteiger partial charge in [0.2, 0.25) is 0 Å². The van der Waals surface area contributed by atoms with Crippen molar-refractivity contribution in [1.29, 1.82) is 0 Å². The first-order valence-electron chi connectivity index (χ1n) is 5.85. The van der Waals surface area contributed by atoms with E-state index in [0.29, 0.717) is 19.7 Å². The van der Waals surface area contributed by atoms with Crippen LogP contribution in [0.5, 0.6) is 0 Å². The maximum atomic E-state index is 12.4. The Morgan fingerprint density at radius 3 is 2.85 bits per heavy atom. The second-order valence-corrected chi connectivity index (χ2v) is 4.31. The molecule has 0 fully saturated rings. The summed E-state index contributed by atoms with van der Waals surface area (Å²) in [6.07, 6.45) is 1.57. The molecule has 0 atom stereocenters. The van der Waals surface area contributed by atoms with Gasteiger partial charge in [0.05, 0.1) is 17.1 Å². The van der Waals surface area contributed by atoms with E-state index in [-0.39, 0.29) is 16.3 Å². The summed E-state index contributed by atoms with van der Waals surface area (Å²) in [6.45, 7) is 4.58. The van der Waals surface area contributed by atoms with Gasteiger partial charge in [0.25, 0.3) is 11.6 Å². The van der Waals surface area contributed by atoms with Crippen molar-refractivity contribution in [2.24, 2.45) is 0 Å². The number of amides is 1. The third kappa shape index (κ3) is 3.79. The summed E-state index contributed by atoms with van der Waals surface area (Å²) in [7, 11) is 1.52. The average molecular weight is 299 g/mol.